The van der Waals surface area contributed by atoms with Gasteiger partial charge < -0.3 is 15.2 Å². The van der Waals surface area contributed by atoms with Crippen molar-refractivity contribution in [2.75, 3.05) is 11.9 Å². The molecule has 3 aliphatic carbocycles. The van der Waals surface area contributed by atoms with Crippen molar-refractivity contribution < 1.29 is 14.6 Å². The molecular weight excluding hydrogens is 508 g/mol. The zero-order valence-corrected chi connectivity index (χ0v) is 23.3. The Kier molecular flexibility index (Phi) is 7.05. The topological polar surface area (TPSA) is 71.5 Å². The summed E-state index contributed by atoms with van der Waals surface area (Å²) in [4.78, 5) is 17.2. The largest absolute Gasteiger partial charge is 0.493 e. The summed E-state index contributed by atoms with van der Waals surface area (Å²) in [5.74, 6) is 1.08. The van der Waals surface area contributed by atoms with E-state index in [-0.39, 0.29) is 5.41 Å². The second-order valence-electron chi connectivity index (χ2n) is 12.0. The summed E-state index contributed by atoms with van der Waals surface area (Å²) in [6, 6.07) is 18.2. The molecule has 0 unspecified atom stereocenters. The van der Waals surface area contributed by atoms with Gasteiger partial charge in [-0.3, -0.25) is 4.98 Å². The first kappa shape index (κ1) is 26.2. The first-order chi connectivity index (χ1) is 18.9. The van der Waals surface area contributed by atoms with Crippen LogP contribution in [0.3, 0.4) is 0 Å². The molecule has 3 aliphatic rings. The van der Waals surface area contributed by atoms with E-state index in [1.54, 1.807) is 0 Å². The lowest BCUT2D eigenvalue weighted by Gasteiger charge is -2.47. The first-order valence-corrected chi connectivity index (χ1v) is 14.7. The Hall–Kier alpha value is -3.05. The molecule has 3 aromatic rings. The van der Waals surface area contributed by atoms with Crippen molar-refractivity contribution in [3.8, 4) is 5.75 Å². The minimum Gasteiger partial charge on any atom is -0.493 e. The molecule has 39 heavy (non-hydrogen) atoms. The minimum atomic E-state index is -0.992. The van der Waals surface area contributed by atoms with Crippen LogP contribution in [-0.4, -0.2) is 28.2 Å². The van der Waals surface area contributed by atoms with Gasteiger partial charge in [0.15, 0.2) is 0 Å². The molecule has 0 amide bonds. The van der Waals surface area contributed by atoms with Gasteiger partial charge in [0, 0.05) is 28.2 Å². The lowest BCUT2D eigenvalue weighted by atomic mass is 9.59. The molecule has 1 heterocycles. The second-order valence-corrected chi connectivity index (χ2v) is 12.4. The average Bonchev–Trinajstić information content (AvgIpc) is 3.52. The van der Waals surface area contributed by atoms with Gasteiger partial charge in [0.2, 0.25) is 0 Å². The van der Waals surface area contributed by atoms with Crippen LogP contribution >= 0.6 is 11.6 Å². The van der Waals surface area contributed by atoms with Crippen LogP contribution < -0.4 is 10.1 Å². The van der Waals surface area contributed by atoms with Gasteiger partial charge in [-0.05, 0) is 110 Å². The number of hydrogen-bond donors (Lipinski definition) is 2. The Balaban J connectivity index is 1.19. The highest BCUT2D eigenvalue weighted by Gasteiger charge is 2.54. The number of carboxylic acids is 1. The van der Waals surface area contributed by atoms with Crippen LogP contribution in [0.25, 0.3) is 0 Å². The van der Waals surface area contributed by atoms with Gasteiger partial charge in [0.05, 0.1) is 6.61 Å². The molecule has 0 radical (unpaired) electrons. The Bertz CT molecular complexity index is 1360. The number of halogens is 1. The lowest BCUT2D eigenvalue weighted by molar-refractivity contribution is -0.144. The van der Waals surface area contributed by atoms with E-state index in [1.807, 2.05) is 36.5 Å². The summed E-state index contributed by atoms with van der Waals surface area (Å²) in [6.45, 7) is 2.98. The van der Waals surface area contributed by atoms with Crippen molar-refractivity contribution >= 4 is 23.3 Å². The predicted molar refractivity (Wildman–Crippen MR) is 155 cm³/mol. The summed E-state index contributed by atoms with van der Waals surface area (Å²) in [6.07, 6.45) is 10.1. The van der Waals surface area contributed by atoms with Gasteiger partial charge in [0.25, 0.3) is 0 Å². The van der Waals surface area contributed by atoms with Gasteiger partial charge in [-0.15, -0.1) is 0 Å². The van der Waals surface area contributed by atoms with Crippen molar-refractivity contribution in [1.29, 1.82) is 0 Å². The quantitative estimate of drug-likeness (QED) is 0.312. The van der Waals surface area contributed by atoms with Gasteiger partial charge in [-0.2, -0.15) is 0 Å². The highest BCUT2D eigenvalue weighted by Crippen LogP contribution is 2.56. The number of aromatic nitrogens is 1. The number of anilines is 1. The van der Waals surface area contributed by atoms with Crippen LogP contribution in [0.4, 0.5) is 5.69 Å². The highest BCUT2D eigenvalue weighted by atomic mass is 35.5. The Morgan fingerprint density at radius 3 is 2.74 bits per heavy atom. The molecule has 5 nitrogen and oxygen atoms in total. The zero-order valence-electron chi connectivity index (χ0n) is 22.6. The summed E-state index contributed by atoms with van der Waals surface area (Å²) >= 11 is 6.20. The fourth-order valence-electron chi connectivity index (χ4n) is 7.56. The number of nitrogens with zero attached hydrogens (tertiary/aromatic N) is 1. The second kappa shape index (κ2) is 10.5. The lowest BCUT2D eigenvalue weighted by Crippen LogP contribution is -2.53. The summed E-state index contributed by atoms with van der Waals surface area (Å²) in [5.41, 5.74) is 5.11. The van der Waals surface area contributed by atoms with E-state index in [1.165, 1.54) is 22.4 Å². The zero-order chi connectivity index (χ0) is 27.0. The van der Waals surface area contributed by atoms with Crippen LogP contribution in [-0.2, 0) is 29.5 Å². The predicted octanol–water partition coefficient (Wildman–Crippen LogP) is 7.25. The molecule has 2 aromatic carbocycles. The molecule has 2 N–H and O–H groups in total. The number of pyridine rings is 1. The van der Waals surface area contributed by atoms with E-state index in [4.69, 9.17) is 16.3 Å². The maximum absolute atomic E-state index is 12.7. The van der Waals surface area contributed by atoms with Crippen molar-refractivity contribution in [1.82, 2.24) is 4.98 Å². The van der Waals surface area contributed by atoms with Crippen molar-refractivity contribution in [3.05, 3.63) is 88.2 Å². The molecule has 0 bridgehead atoms. The fraction of sp³-hybridized carbons (Fsp3) is 0.455. The number of rotatable bonds is 8. The minimum absolute atomic E-state index is 0.00225. The summed E-state index contributed by atoms with van der Waals surface area (Å²) < 4.78 is 6.38. The molecule has 1 aromatic heterocycles. The molecule has 0 saturated heterocycles. The summed E-state index contributed by atoms with van der Waals surface area (Å²) in [7, 11) is 0. The van der Waals surface area contributed by atoms with Crippen LogP contribution in [0.15, 0.2) is 60.8 Å². The van der Waals surface area contributed by atoms with E-state index in [9.17, 15) is 9.90 Å². The Morgan fingerprint density at radius 1 is 1.13 bits per heavy atom. The Labute approximate surface area is 236 Å². The molecule has 6 heteroatoms. The van der Waals surface area contributed by atoms with E-state index < -0.39 is 11.5 Å². The third-order valence-electron chi connectivity index (χ3n) is 9.57. The number of aliphatic carboxylic acids is 1. The van der Waals surface area contributed by atoms with Crippen molar-refractivity contribution in [3.63, 3.8) is 0 Å². The fourth-order valence-corrected chi connectivity index (χ4v) is 7.75. The number of carbonyl (C=O) groups is 1. The number of nitrogens with one attached hydrogen (secondary N) is 1. The van der Waals surface area contributed by atoms with Gasteiger partial charge >= 0.3 is 5.97 Å². The number of carboxylic acid groups (broad SMARTS) is 1. The van der Waals surface area contributed by atoms with Gasteiger partial charge in [0.1, 0.15) is 11.3 Å². The third-order valence-corrected chi connectivity index (χ3v) is 9.80. The van der Waals surface area contributed by atoms with Gasteiger partial charge in [-0.25, -0.2) is 4.79 Å². The Morgan fingerprint density at radius 2 is 1.95 bits per heavy atom. The molecule has 1 saturated carbocycles. The smallest absolute Gasteiger partial charge is 0.329 e. The van der Waals surface area contributed by atoms with Crippen molar-refractivity contribution in [2.24, 2.45) is 11.8 Å². The molecule has 2 atom stereocenters. The monoisotopic (exact) mass is 544 g/mol. The number of benzene rings is 2. The van der Waals surface area contributed by atoms with Crippen LogP contribution in [0.1, 0.15) is 67.8 Å². The van der Waals surface area contributed by atoms with Gasteiger partial charge in [-0.1, -0.05) is 48.9 Å². The van der Waals surface area contributed by atoms with E-state index in [0.717, 1.165) is 56.4 Å². The van der Waals surface area contributed by atoms with Crippen LogP contribution in [0.5, 0.6) is 5.75 Å². The van der Waals surface area contributed by atoms with Crippen LogP contribution in [0.2, 0.25) is 5.02 Å². The van der Waals surface area contributed by atoms with Crippen LogP contribution in [0, 0.1) is 11.8 Å². The molecule has 6 rings (SSSR count). The number of fused-ring (bicyclic) bond motifs is 3. The third kappa shape index (κ3) is 4.91. The maximum atomic E-state index is 12.7. The normalized spacial score (nSPS) is 26.2. The maximum Gasteiger partial charge on any atom is 0.329 e. The highest BCUT2D eigenvalue weighted by molar-refractivity contribution is 6.30. The number of hydrogen-bond acceptors (Lipinski definition) is 4. The average molecular weight is 545 g/mol. The molecule has 1 fully saturated rings. The van der Waals surface area contributed by atoms with E-state index >= 15 is 0 Å². The standard InChI is InChI=1S/C33H37ClN2O3/c1-22(21-39-30-12-17-35-29-11-5-9-27(29)30)18-24-19-23-6-2-3-10-28(23)32(24)13-15-33(16-14-32,31(37)38)36-26-8-4-7-25(34)20-26/h2-4,6-8,10,12,17,20,22,24,36H,5,9,11,13-16,18-19,21H2,1H3,(H,37,38)/t22-,24-,32?,33?/m1/s1. The molecule has 1 spiro atoms. The van der Waals surface area contributed by atoms with E-state index in [2.05, 4.69) is 41.5 Å². The van der Waals surface area contributed by atoms with Crippen molar-refractivity contribution in [2.45, 2.75) is 75.7 Å². The molecular formula is C33H37ClN2O3. The molecule has 204 valence electrons. The number of ether oxygens (including phenoxy) is 1. The molecule has 0 aliphatic heterocycles. The SMILES string of the molecule is C[C@@H](COc1ccnc2c1CCC2)C[C@@H]1Cc2ccccc2C12CCC(Nc1cccc(Cl)c1)(C(=O)O)CC2. The first-order valence-electron chi connectivity index (χ1n) is 14.3. The van der Waals surface area contributed by atoms with E-state index in [0.29, 0.717) is 36.3 Å². The number of aryl methyl sites for hydroxylation is 1. The summed E-state index contributed by atoms with van der Waals surface area (Å²) in [5, 5.41) is 14.4.